The van der Waals surface area contributed by atoms with E-state index in [0.29, 0.717) is 6.04 Å². The Hall–Kier alpha value is -0.910. The standard InChI is InChI=1S/C16H24BrN3O/c1-3-20-10-8-15(9-11-20)18-12(2)16(21)19-14-6-4-13(17)5-7-14/h4-7,12,15,18H,3,8-11H2,1-2H3,(H,19,21). The second-order valence-corrected chi connectivity index (χ2v) is 6.51. The highest BCUT2D eigenvalue weighted by molar-refractivity contribution is 9.10. The summed E-state index contributed by atoms with van der Waals surface area (Å²) in [7, 11) is 0. The van der Waals surface area contributed by atoms with Gasteiger partial charge in [-0.1, -0.05) is 22.9 Å². The summed E-state index contributed by atoms with van der Waals surface area (Å²) in [5.41, 5.74) is 0.831. The lowest BCUT2D eigenvalue weighted by atomic mass is 10.0. The molecule has 2 rings (SSSR count). The van der Waals surface area contributed by atoms with Crippen LogP contribution in [-0.4, -0.2) is 42.5 Å². The minimum absolute atomic E-state index is 0.0234. The maximum absolute atomic E-state index is 12.2. The molecular weight excluding hydrogens is 330 g/mol. The third-order valence-electron chi connectivity index (χ3n) is 4.03. The van der Waals surface area contributed by atoms with Crippen LogP contribution in [0.5, 0.6) is 0 Å². The summed E-state index contributed by atoms with van der Waals surface area (Å²) in [6, 6.07) is 7.91. The molecule has 0 aromatic heterocycles. The molecule has 0 aliphatic carbocycles. The Balaban J connectivity index is 1.78. The summed E-state index contributed by atoms with van der Waals surface area (Å²) in [6.45, 7) is 7.49. The van der Waals surface area contributed by atoms with Gasteiger partial charge in [0.25, 0.3) is 0 Å². The molecule has 1 atom stereocenters. The third kappa shape index (κ3) is 5.09. The Morgan fingerprint density at radius 2 is 1.95 bits per heavy atom. The van der Waals surface area contributed by atoms with Crippen LogP contribution in [0.3, 0.4) is 0 Å². The van der Waals surface area contributed by atoms with E-state index in [-0.39, 0.29) is 11.9 Å². The molecule has 4 nitrogen and oxygen atoms in total. The van der Waals surface area contributed by atoms with Gasteiger partial charge < -0.3 is 15.5 Å². The number of benzene rings is 1. The van der Waals surface area contributed by atoms with Gasteiger partial charge in [0.05, 0.1) is 6.04 Å². The molecule has 1 amide bonds. The minimum Gasteiger partial charge on any atom is -0.325 e. The van der Waals surface area contributed by atoms with Crippen LogP contribution in [0.15, 0.2) is 28.7 Å². The van der Waals surface area contributed by atoms with Crippen molar-refractivity contribution in [2.75, 3.05) is 25.0 Å². The van der Waals surface area contributed by atoms with Crippen molar-refractivity contribution in [1.29, 1.82) is 0 Å². The number of likely N-dealkylation sites (tertiary alicyclic amines) is 1. The zero-order valence-electron chi connectivity index (χ0n) is 12.7. The molecule has 1 aliphatic heterocycles. The van der Waals surface area contributed by atoms with E-state index < -0.39 is 0 Å². The van der Waals surface area contributed by atoms with Gasteiger partial charge in [0.2, 0.25) is 5.91 Å². The van der Waals surface area contributed by atoms with Gasteiger partial charge in [0.15, 0.2) is 0 Å². The third-order valence-corrected chi connectivity index (χ3v) is 4.55. The van der Waals surface area contributed by atoms with Gasteiger partial charge in [0, 0.05) is 16.2 Å². The molecule has 1 fully saturated rings. The number of hydrogen-bond acceptors (Lipinski definition) is 3. The summed E-state index contributed by atoms with van der Waals surface area (Å²) in [5.74, 6) is 0.0234. The number of amides is 1. The van der Waals surface area contributed by atoms with Crippen molar-refractivity contribution in [3.05, 3.63) is 28.7 Å². The summed E-state index contributed by atoms with van der Waals surface area (Å²) in [6.07, 6.45) is 2.23. The van der Waals surface area contributed by atoms with E-state index in [4.69, 9.17) is 0 Å². The topological polar surface area (TPSA) is 44.4 Å². The van der Waals surface area contributed by atoms with Crippen LogP contribution >= 0.6 is 15.9 Å². The Labute approximate surface area is 135 Å². The van der Waals surface area contributed by atoms with E-state index in [1.54, 1.807) is 0 Å². The fourth-order valence-corrected chi connectivity index (χ4v) is 2.89. The van der Waals surface area contributed by atoms with Crippen molar-refractivity contribution in [3.8, 4) is 0 Å². The summed E-state index contributed by atoms with van der Waals surface area (Å²) >= 11 is 3.39. The molecule has 0 saturated carbocycles. The lowest BCUT2D eigenvalue weighted by molar-refractivity contribution is -0.118. The van der Waals surface area contributed by atoms with Crippen LogP contribution in [0.25, 0.3) is 0 Å². The summed E-state index contributed by atoms with van der Waals surface area (Å²) in [5, 5.41) is 6.39. The monoisotopic (exact) mass is 353 g/mol. The van der Waals surface area contributed by atoms with Gasteiger partial charge in [-0.05, 0) is 63.7 Å². The first-order valence-corrected chi connectivity index (χ1v) is 8.42. The highest BCUT2D eigenvalue weighted by Gasteiger charge is 2.22. The van der Waals surface area contributed by atoms with E-state index in [1.165, 1.54) is 0 Å². The van der Waals surface area contributed by atoms with Crippen LogP contribution in [-0.2, 0) is 4.79 Å². The van der Waals surface area contributed by atoms with Gasteiger partial charge in [-0.3, -0.25) is 4.79 Å². The van der Waals surface area contributed by atoms with E-state index in [2.05, 4.69) is 38.4 Å². The molecule has 1 aromatic carbocycles. The lowest BCUT2D eigenvalue weighted by Gasteiger charge is -2.32. The van der Waals surface area contributed by atoms with Crippen molar-refractivity contribution in [1.82, 2.24) is 10.2 Å². The average Bonchev–Trinajstić information content (AvgIpc) is 2.50. The zero-order valence-corrected chi connectivity index (χ0v) is 14.3. The SMILES string of the molecule is CCN1CCC(NC(C)C(=O)Nc2ccc(Br)cc2)CC1. The second kappa shape index (κ2) is 7.92. The highest BCUT2D eigenvalue weighted by atomic mass is 79.9. The molecule has 116 valence electrons. The Bertz CT molecular complexity index is 455. The van der Waals surface area contributed by atoms with E-state index in [0.717, 1.165) is 42.6 Å². The molecule has 5 heteroatoms. The van der Waals surface area contributed by atoms with Gasteiger partial charge in [-0.2, -0.15) is 0 Å². The largest absolute Gasteiger partial charge is 0.325 e. The van der Waals surface area contributed by atoms with Crippen molar-refractivity contribution in [2.45, 2.75) is 38.8 Å². The molecule has 1 aliphatic rings. The van der Waals surface area contributed by atoms with Crippen LogP contribution in [0.4, 0.5) is 5.69 Å². The van der Waals surface area contributed by atoms with E-state index in [9.17, 15) is 4.79 Å². The first-order valence-electron chi connectivity index (χ1n) is 7.63. The average molecular weight is 354 g/mol. The number of nitrogens with zero attached hydrogens (tertiary/aromatic N) is 1. The molecule has 21 heavy (non-hydrogen) atoms. The first kappa shape index (κ1) is 16.5. The van der Waals surface area contributed by atoms with Crippen molar-refractivity contribution in [3.63, 3.8) is 0 Å². The van der Waals surface area contributed by atoms with Crippen LogP contribution in [0, 0.1) is 0 Å². The van der Waals surface area contributed by atoms with Crippen molar-refractivity contribution < 1.29 is 4.79 Å². The molecule has 1 aromatic rings. The molecule has 0 bridgehead atoms. The molecule has 2 N–H and O–H groups in total. The number of carbonyl (C=O) groups excluding carboxylic acids is 1. The number of anilines is 1. The predicted octanol–water partition coefficient (Wildman–Crippen LogP) is 2.85. The Morgan fingerprint density at radius 1 is 1.33 bits per heavy atom. The maximum Gasteiger partial charge on any atom is 0.241 e. The van der Waals surface area contributed by atoms with Crippen molar-refractivity contribution in [2.24, 2.45) is 0 Å². The number of halogens is 1. The van der Waals surface area contributed by atoms with Gasteiger partial charge in [-0.25, -0.2) is 0 Å². The van der Waals surface area contributed by atoms with Crippen LogP contribution in [0.1, 0.15) is 26.7 Å². The van der Waals surface area contributed by atoms with Crippen molar-refractivity contribution >= 4 is 27.5 Å². The summed E-state index contributed by atoms with van der Waals surface area (Å²) < 4.78 is 1.01. The first-order chi connectivity index (χ1) is 10.1. The Morgan fingerprint density at radius 3 is 2.52 bits per heavy atom. The molecule has 1 saturated heterocycles. The lowest BCUT2D eigenvalue weighted by Crippen LogP contribution is -2.48. The zero-order chi connectivity index (χ0) is 15.2. The molecule has 1 heterocycles. The fourth-order valence-electron chi connectivity index (χ4n) is 2.63. The smallest absolute Gasteiger partial charge is 0.241 e. The van der Waals surface area contributed by atoms with Gasteiger partial charge >= 0.3 is 0 Å². The van der Waals surface area contributed by atoms with Gasteiger partial charge in [-0.15, -0.1) is 0 Å². The van der Waals surface area contributed by atoms with Crippen LogP contribution in [0.2, 0.25) is 0 Å². The minimum atomic E-state index is -0.174. The number of rotatable bonds is 5. The summed E-state index contributed by atoms with van der Waals surface area (Å²) in [4.78, 5) is 14.6. The fraction of sp³-hybridized carbons (Fsp3) is 0.562. The Kier molecular flexibility index (Phi) is 6.21. The normalized spacial score (nSPS) is 18.4. The number of nitrogens with one attached hydrogen (secondary N) is 2. The molecule has 0 radical (unpaired) electrons. The maximum atomic E-state index is 12.2. The molecular formula is C16H24BrN3O. The van der Waals surface area contributed by atoms with E-state index in [1.807, 2.05) is 31.2 Å². The molecule has 1 unspecified atom stereocenters. The predicted molar refractivity (Wildman–Crippen MR) is 90.5 cm³/mol. The number of piperidine rings is 1. The quantitative estimate of drug-likeness (QED) is 0.855. The van der Waals surface area contributed by atoms with E-state index >= 15 is 0 Å². The molecule has 0 spiro atoms. The second-order valence-electron chi connectivity index (χ2n) is 5.59. The van der Waals surface area contributed by atoms with Gasteiger partial charge in [0.1, 0.15) is 0 Å². The number of hydrogen-bond donors (Lipinski definition) is 2. The number of carbonyl (C=O) groups is 1. The highest BCUT2D eigenvalue weighted by Crippen LogP contribution is 2.15. The van der Waals surface area contributed by atoms with Crippen LogP contribution < -0.4 is 10.6 Å².